The summed E-state index contributed by atoms with van der Waals surface area (Å²) in [5, 5.41) is 3.37. The van der Waals surface area contributed by atoms with Gasteiger partial charge in [-0.15, -0.1) is 11.3 Å². The lowest BCUT2D eigenvalue weighted by molar-refractivity contribution is 0.0526. The highest BCUT2D eigenvalue weighted by atomic mass is 32.2. The first-order valence-electron chi connectivity index (χ1n) is 11.8. The minimum atomic E-state index is -3.54. The van der Waals surface area contributed by atoms with Gasteiger partial charge in [0, 0.05) is 36.6 Å². The highest BCUT2D eigenvalue weighted by molar-refractivity contribution is 7.89. The van der Waals surface area contributed by atoms with E-state index in [2.05, 4.69) is 17.1 Å². The minimum absolute atomic E-state index is 0.181. The number of nitrogens with zero attached hydrogens (tertiary/aromatic N) is 2. The van der Waals surface area contributed by atoms with E-state index in [1.165, 1.54) is 39.9 Å². The van der Waals surface area contributed by atoms with Crippen molar-refractivity contribution in [2.45, 2.75) is 51.0 Å². The number of esters is 1. The number of fused-ring (bicyclic) bond motifs is 1. The molecule has 34 heavy (non-hydrogen) atoms. The topological polar surface area (TPSA) is 96.0 Å². The third kappa shape index (κ3) is 5.05. The van der Waals surface area contributed by atoms with Gasteiger partial charge in [0.1, 0.15) is 5.00 Å². The average molecular weight is 506 g/mol. The maximum Gasteiger partial charge on any atom is 0.341 e. The fraction of sp³-hybridized carbons (Fsp3) is 0.500. The second-order valence-corrected chi connectivity index (χ2v) is 11.6. The Morgan fingerprint density at radius 1 is 1.09 bits per heavy atom. The molecule has 1 N–H and O–H groups in total. The highest BCUT2D eigenvalue weighted by Gasteiger charge is 2.30. The Balaban J connectivity index is 1.56. The van der Waals surface area contributed by atoms with Crippen molar-refractivity contribution in [3.8, 4) is 0 Å². The Morgan fingerprint density at radius 2 is 1.79 bits per heavy atom. The fourth-order valence-electron chi connectivity index (χ4n) is 4.50. The number of thiophene rings is 1. The zero-order valence-electron chi connectivity index (χ0n) is 19.6. The van der Waals surface area contributed by atoms with Crippen LogP contribution < -0.4 is 5.32 Å². The number of nitrogens with one attached hydrogen (secondary N) is 1. The minimum Gasteiger partial charge on any atom is -0.462 e. The Bertz CT molecular complexity index is 1150. The summed E-state index contributed by atoms with van der Waals surface area (Å²) in [6.45, 7) is 7.81. The van der Waals surface area contributed by atoms with Crippen LogP contribution in [0.1, 0.15) is 64.3 Å². The Kier molecular flexibility index (Phi) is 7.71. The van der Waals surface area contributed by atoms with E-state index in [9.17, 15) is 18.0 Å². The molecule has 0 saturated carbocycles. The average Bonchev–Trinajstić information content (AvgIpc) is 3.48. The van der Waals surface area contributed by atoms with Crippen molar-refractivity contribution in [3.63, 3.8) is 0 Å². The number of carbonyl (C=O) groups is 2. The van der Waals surface area contributed by atoms with Crippen LogP contribution in [0.2, 0.25) is 0 Å². The van der Waals surface area contributed by atoms with Crippen LogP contribution in [0.3, 0.4) is 0 Å². The van der Waals surface area contributed by atoms with E-state index >= 15 is 0 Å². The lowest BCUT2D eigenvalue weighted by Gasteiger charge is -2.26. The summed E-state index contributed by atoms with van der Waals surface area (Å²) >= 11 is 1.42. The molecule has 0 atom stereocenters. The van der Waals surface area contributed by atoms with Crippen LogP contribution in [0.4, 0.5) is 5.00 Å². The summed E-state index contributed by atoms with van der Waals surface area (Å²) in [5.74, 6) is -0.814. The lowest BCUT2D eigenvalue weighted by Crippen LogP contribution is -2.30. The summed E-state index contributed by atoms with van der Waals surface area (Å²) in [6, 6.07) is 5.96. The van der Waals surface area contributed by atoms with E-state index in [0.717, 1.165) is 55.8 Å². The predicted molar refractivity (Wildman–Crippen MR) is 132 cm³/mol. The van der Waals surface area contributed by atoms with Crippen molar-refractivity contribution in [3.05, 3.63) is 45.8 Å². The maximum atomic E-state index is 13.0. The summed E-state index contributed by atoms with van der Waals surface area (Å²) in [7, 11) is -3.54. The van der Waals surface area contributed by atoms with Crippen molar-refractivity contribution in [2.75, 3.05) is 38.1 Å². The number of hydrogen-bond donors (Lipinski definition) is 1. The maximum absolute atomic E-state index is 13.0. The molecule has 0 spiro atoms. The molecule has 1 amide bonds. The first-order valence-corrected chi connectivity index (χ1v) is 14.1. The van der Waals surface area contributed by atoms with Gasteiger partial charge in [0.05, 0.1) is 17.1 Å². The number of benzene rings is 1. The number of hydrogen-bond acceptors (Lipinski definition) is 7. The van der Waals surface area contributed by atoms with E-state index in [-0.39, 0.29) is 17.4 Å². The van der Waals surface area contributed by atoms with E-state index in [4.69, 9.17) is 4.74 Å². The monoisotopic (exact) mass is 505 g/mol. The molecule has 0 bridgehead atoms. The molecule has 0 radical (unpaired) electrons. The van der Waals surface area contributed by atoms with E-state index in [0.29, 0.717) is 29.2 Å². The number of ether oxygens (including phenoxy) is 1. The quantitative estimate of drug-likeness (QED) is 0.549. The van der Waals surface area contributed by atoms with E-state index in [1.807, 2.05) is 0 Å². The number of anilines is 1. The first-order chi connectivity index (χ1) is 16.3. The molecule has 3 heterocycles. The van der Waals surface area contributed by atoms with Crippen LogP contribution in [-0.2, 0) is 27.7 Å². The molecule has 4 rings (SSSR count). The van der Waals surface area contributed by atoms with Crippen molar-refractivity contribution in [1.82, 2.24) is 9.21 Å². The molecule has 1 aromatic carbocycles. The molecule has 8 nitrogen and oxygen atoms in total. The zero-order valence-corrected chi connectivity index (χ0v) is 21.3. The van der Waals surface area contributed by atoms with Gasteiger partial charge in [-0.3, -0.25) is 9.69 Å². The smallest absolute Gasteiger partial charge is 0.341 e. The second kappa shape index (κ2) is 10.6. The molecular weight excluding hydrogens is 474 g/mol. The normalized spacial score (nSPS) is 16.9. The van der Waals surface area contributed by atoms with Crippen LogP contribution >= 0.6 is 11.3 Å². The first kappa shape index (κ1) is 24.8. The Labute approximate surface area is 204 Å². The van der Waals surface area contributed by atoms with Gasteiger partial charge in [-0.1, -0.05) is 6.92 Å². The SMILES string of the molecule is CCCN1CCc2c(sc(NC(=O)c3ccc(S(=O)(=O)N4CCCC4)cc3)c2C(=O)OCC)C1. The molecule has 1 aromatic heterocycles. The van der Waals surface area contributed by atoms with Crippen LogP contribution in [0.25, 0.3) is 0 Å². The molecule has 2 aromatic rings. The van der Waals surface area contributed by atoms with Crippen LogP contribution in [0, 0.1) is 0 Å². The molecule has 2 aliphatic rings. The molecule has 10 heteroatoms. The summed E-state index contributed by atoms with van der Waals surface area (Å²) < 4.78 is 32.3. The number of amides is 1. The van der Waals surface area contributed by atoms with Gasteiger partial charge in [0.2, 0.25) is 10.0 Å². The highest BCUT2D eigenvalue weighted by Crippen LogP contribution is 2.38. The van der Waals surface area contributed by atoms with Crippen molar-refractivity contribution < 1.29 is 22.7 Å². The zero-order chi connectivity index (χ0) is 24.3. The predicted octanol–water partition coefficient (Wildman–Crippen LogP) is 3.73. The van der Waals surface area contributed by atoms with Gasteiger partial charge in [0.25, 0.3) is 5.91 Å². The summed E-state index contributed by atoms with van der Waals surface area (Å²) in [4.78, 5) is 29.4. The van der Waals surface area contributed by atoms with Gasteiger partial charge in [-0.2, -0.15) is 4.31 Å². The molecule has 0 unspecified atom stereocenters. The van der Waals surface area contributed by atoms with Crippen LogP contribution in [0.15, 0.2) is 29.2 Å². The van der Waals surface area contributed by atoms with Crippen molar-refractivity contribution in [2.24, 2.45) is 0 Å². The van der Waals surface area contributed by atoms with Gasteiger partial charge >= 0.3 is 5.97 Å². The summed E-state index contributed by atoms with van der Waals surface area (Å²) in [6.07, 6.45) is 3.52. The van der Waals surface area contributed by atoms with Gasteiger partial charge in [-0.25, -0.2) is 13.2 Å². The van der Waals surface area contributed by atoms with Crippen LogP contribution in [-0.4, -0.2) is 62.3 Å². The standard InChI is InChI=1S/C24H31N3O5S2/c1-3-12-26-15-11-19-20(16-26)33-23(21(19)24(29)32-4-2)25-22(28)17-7-9-18(10-8-17)34(30,31)27-13-5-6-14-27/h7-10H,3-6,11-16H2,1-2H3,(H,25,28). The molecule has 0 aliphatic carbocycles. The van der Waals surface area contributed by atoms with Crippen LogP contribution in [0.5, 0.6) is 0 Å². The van der Waals surface area contributed by atoms with Gasteiger partial charge in [-0.05, 0) is 69.0 Å². The van der Waals surface area contributed by atoms with Crippen molar-refractivity contribution >= 4 is 38.2 Å². The van der Waals surface area contributed by atoms with E-state index in [1.54, 1.807) is 6.92 Å². The molecule has 1 fully saturated rings. The molecule has 1 saturated heterocycles. The molecular formula is C24H31N3O5S2. The fourth-order valence-corrected chi connectivity index (χ4v) is 7.29. The third-order valence-electron chi connectivity index (χ3n) is 6.20. The van der Waals surface area contributed by atoms with E-state index < -0.39 is 16.0 Å². The number of sulfonamides is 1. The lowest BCUT2D eigenvalue weighted by atomic mass is 10.0. The second-order valence-electron chi connectivity index (χ2n) is 8.54. The third-order valence-corrected chi connectivity index (χ3v) is 9.25. The van der Waals surface area contributed by atoms with Gasteiger partial charge in [0.15, 0.2) is 0 Å². The molecule has 2 aliphatic heterocycles. The molecule has 184 valence electrons. The summed E-state index contributed by atoms with van der Waals surface area (Å²) in [5.41, 5.74) is 1.73. The largest absolute Gasteiger partial charge is 0.462 e. The van der Waals surface area contributed by atoms with Gasteiger partial charge < -0.3 is 10.1 Å². The number of rotatable bonds is 8. The Morgan fingerprint density at radius 3 is 2.44 bits per heavy atom. The Hall–Kier alpha value is -2.27. The van der Waals surface area contributed by atoms with Crippen molar-refractivity contribution in [1.29, 1.82) is 0 Å². The number of carbonyl (C=O) groups excluding carboxylic acids is 2.